The zero-order valence-electron chi connectivity index (χ0n) is 7.97. The molecule has 0 N–H and O–H groups in total. The predicted octanol–water partition coefficient (Wildman–Crippen LogP) is 3.42. The van der Waals surface area contributed by atoms with E-state index in [0.29, 0.717) is 0 Å². The van der Waals surface area contributed by atoms with E-state index >= 15 is 0 Å². The summed E-state index contributed by atoms with van der Waals surface area (Å²) in [5, 5.41) is 0. The average Bonchev–Trinajstić information content (AvgIpc) is 2.04. The van der Waals surface area contributed by atoms with E-state index in [4.69, 9.17) is 0 Å². The molecule has 3 unspecified atom stereocenters. The lowest BCUT2D eigenvalue weighted by atomic mass is 9.82. The molecule has 0 aromatic rings. The standard InChI is InChI=1S/C10H20S/c1-4-8(2)10-7-11-6-5-9(10)3/h8-10H,4-7H2,1-3H3. The molecule has 0 aromatic carbocycles. The van der Waals surface area contributed by atoms with Crippen molar-refractivity contribution < 1.29 is 0 Å². The number of hydrogen-bond donors (Lipinski definition) is 0. The van der Waals surface area contributed by atoms with Crippen molar-refractivity contribution in [1.29, 1.82) is 0 Å². The first-order chi connectivity index (χ1) is 5.25. The van der Waals surface area contributed by atoms with Crippen molar-refractivity contribution in [3.05, 3.63) is 0 Å². The summed E-state index contributed by atoms with van der Waals surface area (Å²) >= 11 is 2.15. The van der Waals surface area contributed by atoms with Crippen LogP contribution >= 0.6 is 11.8 Å². The zero-order chi connectivity index (χ0) is 8.27. The molecule has 11 heavy (non-hydrogen) atoms. The first-order valence-corrected chi connectivity index (χ1v) is 5.99. The van der Waals surface area contributed by atoms with Gasteiger partial charge in [-0.15, -0.1) is 0 Å². The van der Waals surface area contributed by atoms with Gasteiger partial charge in [-0.3, -0.25) is 0 Å². The summed E-state index contributed by atoms with van der Waals surface area (Å²) < 4.78 is 0. The SMILES string of the molecule is CCC(C)C1CSCCC1C. The molecule has 3 atom stereocenters. The Kier molecular flexibility index (Phi) is 3.77. The minimum Gasteiger partial charge on any atom is -0.162 e. The van der Waals surface area contributed by atoms with Gasteiger partial charge in [0, 0.05) is 0 Å². The van der Waals surface area contributed by atoms with Crippen molar-refractivity contribution in [3.8, 4) is 0 Å². The van der Waals surface area contributed by atoms with E-state index in [9.17, 15) is 0 Å². The van der Waals surface area contributed by atoms with Crippen molar-refractivity contribution in [3.63, 3.8) is 0 Å². The van der Waals surface area contributed by atoms with E-state index in [2.05, 4.69) is 32.5 Å². The van der Waals surface area contributed by atoms with Gasteiger partial charge in [0.05, 0.1) is 0 Å². The fraction of sp³-hybridized carbons (Fsp3) is 1.00. The molecule has 1 rings (SSSR count). The summed E-state index contributed by atoms with van der Waals surface area (Å²) in [6, 6.07) is 0. The molecular formula is C10H20S. The molecule has 1 heterocycles. The van der Waals surface area contributed by atoms with Crippen LogP contribution in [0.25, 0.3) is 0 Å². The molecule has 0 bridgehead atoms. The van der Waals surface area contributed by atoms with Crippen LogP contribution in [0.3, 0.4) is 0 Å². The highest BCUT2D eigenvalue weighted by atomic mass is 32.2. The third kappa shape index (κ3) is 2.40. The Labute approximate surface area is 75.1 Å². The van der Waals surface area contributed by atoms with Gasteiger partial charge in [0.1, 0.15) is 0 Å². The van der Waals surface area contributed by atoms with Crippen molar-refractivity contribution >= 4 is 11.8 Å². The molecule has 1 aliphatic heterocycles. The number of hydrogen-bond acceptors (Lipinski definition) is 1. The van der Waals surface area contributed by atoms with E-state index in [1.165, 1.54) is 24.3 Å². The molecule has 0 aromatic heterocycles. The fourth-order valence-electron chi connectivity index (χ4n) is 1.89. The molecule has 0 nitrogen and oxygen atoms in total. The topological polar surface area (TPSA) is 0 Å². The van der Waals surface area contributed by atoms with Crippen LogP contribution in [-0.2, 0) is 0 Å². The maximum absolute atomic E-state index is 2.43. The van der Waals surface area contributed by atoms with E-state index in [1.54, 1.807) is 0 Å². The van der Waals surface area contributed by atoms with Crippen molar-refractivity contribution in [2.45, 2.75) is 33.6 Å². The minimum atomic E-state index is 0.942. The second kappa shape index (κ2) is 4.39. The van der Waals surface area contributed by atoms with Gasteiger partial charge in [0.25, 0.3) is 0 Å². The van der Waals surface area contributed by atoms with E-state index in [-0.39, 0.29) is 0 Å². The lowest BCUT2D eigenvalue weighted by Gasteiger charge is -2.32. The van der Waals surface area contributed by atoms with Crippen LogP contribution in [0.15, 0.2) is 0 Å². The van der Waals surface area contributed by atoms with Crippen LogP contribution in [0.5, 0.6) is 0 Å². The third-order valence-corrected chi connectivity index (χ3v) is 4.28. The van der Waals surface area contributed by atoms with Gasteiger partial charge in [0.15, 0.2) is 0 Å². The Morgan fingerprint density at radius 2 is 2.27 bits per heavy atom. The number of thioether (sulfide) groups is 1. The Balaban J connectivity index is 2.40. The molecule has 66 valence electrons. The molecule has 0 amide bonds. The van der Waals surface area contributed by atoms with Crippen molar-refractivity contribution in [2.75, 3.05) is 11.5 Å². The van der Waals surface area contributed by atoms with E-state index < -0.39 is 0 Å². The largest absolute Gasteiger partial charge is 0.162 e. The monoisotopic (exact) mass is 172 g/mol. The van der Waals surface area contributed by atoms with Gasteiger partial charge in [-0.2, -0.15) is 11.8 Å². The Morgan fingerprint density at radius 3 is 2.82 bits per heavy atom. The zero-order valence-corrected chi connectivity index (χ0v) is 8.79. The van der Waals surface area contributed by atoms with Crippen molar-refractivity contribution in [2.24, 2.45) is 17.8 Å². The Morgan fingerprint density at radius 1 is 1.55 bits per heavy atom. The van der Waals surface area contributed by atoms with E-state index in [1.807, 2.05) is 0 Å². The first-order valence-electron chi connectivity index (χ1n) is 4.83. The molecule has 1 fully saturated rings. The fourth-order valence-corrected chi connectivity index (χ4v) is 3.53. The Bertz CT molecular complexity index is 107. The molecule has 0 aliphatic carbocycles. The molecule has 0 spiro atoms. The van der Waals surface area contributed by atoms with Crippen LogP contribution in [0.1, 0.15) is 33.6 Å². The summed E-state index contributed by atoms with van der Waals surface area (Å²) in [5.41, 5.74) is 0. The molecular weight excluding hydrogens is 152 g/mol. The second-order valence-corrected chi connectivity index (χ2v) is 5.04. The van der Waals surface area contributed by atoms with Gasteiger partial charge >= 0.3 is 0 Å². The van der Waals surface area contributed by atoms with Gasteiger partial charge in [0.2, 0.25) is 0 Å². The summed E-state index contributed by atoms with van der Waals surface area (Å²) in [6.07, 6.45) is 2.80. The average molecular weight is 172 g/mol. The maximum atomic E-state index is 2.43. The maximum Gasteiger partial charge on any atom is -0.00340 e. The molecule has 0 radical (unpaired) electrons. The lowest BCUT2D eigenvalue weighted by molar-refractivity contribution is 0.267. The van der Waals surface area contributed by atoms with Crippen LogP contribution in [0.2, 0.25) is 0 Å². The minimum absolute atomic E-state index is 0.942. The van der Waals surface area contributed by atoms with Crippen LogP contribution in [-0.4, -0.2) is 11.5 Å². The van der Waals surface area contributed by atoms with Crippen molar-refractivity contribution in [1.82, 2.24) is 0 Å². The summed E-state index contributed by atoms with van der Waals surface area (Å²) in [4.78, 5) is 0. The molecule has 1 aliphatic rings. The van der Waals surface area contributed by atoms with Gasteiger partial charge in [-0.25, -0.2) is 0 Å². The predicted molar refractivity (Wildman–Crippen MR) is 54.1 cm³/mol. The second-order valence-electron chi connectivity index (χ2n) is 3.89. The summed E-state index contributed by atoms with van der Waals surface area (Å²) in [5.74, 6) is 5.73. The third-order valence-electron chi connectivity index (χ3n) is 3.13. The first kappa shape index (κ1) is 9.44. The lowest BCUT2D eigenvalue weighted by Crippen LogP contribution is -2.26. The van der Waals surface area contributed by atoms with Gasteiger partial charge in [-0.1, -0.05) is 27.2 Å². The molecule has 1 heteroatoms. The summed E-state index contributed by atoms with van der Waals surface area (Å²) in [7, 11) is 0. The van der Waals surface area contributed by atoms with Gasteiger partial charge in [-0.05, 0) is 35.7 Å². The Hall–Kier alpha value is 0.350. The van der Waals surface area contributed by atoms with Crippen LogP contribution < -0.4 is 0 Å². The number of rotatable bonds is 2. The smallest absolute Gasteiger partial charge is 0.00340 e. The normalized spacial score (nSPS) is 35.2. The van der Waals surface area contributed by atoms with E-state index in [0.717, 1.165) is 17.8 Å². The molecule has 1 saturated heterocycles. The highest BCUT2D eigenvalue weighted by molar-refractivity contribution is 7.99. The van der Waals surface area contributed by atoms with Crippen LogP contribution in [0.4, 0.5) is 0 Å². The molecule has 0 saturated carbocycles. The van der Waals surface area contributed by atoms with Gasteiger partial charge < -0.3 is 0 Å². The van der Waals surface area contributed by atoms with Crippen LogP contribution in [0, 0.1) is 17.8 Å². The highest BCUT2D eigenvalue weighted by Crippen LogP contribution is 2.34. The highest BCUT2D eigenvalue weighted by Gasteiger charge is 2.25. The summed E-state index contributed by atoms with van der Waals surface area (Å²) in [6.45, 7) is 7.15. The quantitative estimate of drug-likeness (QED) is 0.615.